The first-order chi connectivity index (χ1) is 15.0. The van der Waals surface area contributed by atoms with Gasteiger partial charge in [0.25, 0.3) is 11.8 Å². The molecule has 1 heterocycles. The molecule has 2 aromatic carbocycles. The molecule has 1 fully saturated rings. The number of piperidine rings is 1. The van der Waals surface area contributed by atoms with Crippen molar-refractivity contribution in [1.29, 1.82) is 0 Å². The average Bonchev–Trinajstić information content (AvgIpc) is 2.82. The minimum Gasteiger partial charge on any atom is -0.452 e. The molecular weight excluding hydrogens is 392 g/mol. The molecule has 0 aliphatic carbocycles. The van der Waals surface area contributed by atoms with Gasteiger partial charge in [-0.15, -0.1) is 0 Å². The van der Waals surface area contributed by atoms with Gasteiger partial charge in [0.15, 0.2) is 6.61 Å². The number of esters is 1. The van der Waals surface area contributed by atoms with E-state index < -0.39 is 5.97 Å². The Morgan fingerprint density at radius 1 is 1.00 bits per heavy atom. The first-order valence-corrected chi connectivity index (χ1v) is 10.9. The maximum atomic E-state index is 13.0. The molecule has 1 aliphatic heterocycles. The zero-order valence-electron chi connectivity index (χ0n) is 18.3. The lowest BCUT2D eigenvalue weighted by Gasteiger charge is -2.35. The van der Waals surface area contributed by atoms with Gasteiger partial charge in [0.2, 0.25) is 0 Å². The predicted molar refractivity (Wildman–Crippen MR) is 119 cm³/mol. The van der Waals surface area contributed by atoms with Crippen molar-refractivity contribution in [3.05, 3.63) is 71.3 Å². The van der Waals surface area contributed by atoms with Gasteiger partial charge in [0.1, 0.15) is 0 Å². The van der Waals surface area contributed by atoms with Gasteiger partial charge in [0, 0.05) is 26.2 Å². The highest BCUT2D eigenvalue weighted by Gasteiger charge is 2.27. The van der Waals surface area contributed by atoms with Crippen LogP contribution in [0, 0.1) is 0 Å². The van der Waals surface area contributed by atoms with Crippen molar-refractivity contribution in [3.63, 3.8) is 0 Å². The lowest BCUT2D eigenvalue weighted by Crippen LogP contribution is -2.45. The summed E-state index contributed by atoms with van der Waals surface area (Å²) >= 11 is 0. The van der Waals surface area contributed by atoms with Crippen LogP contribution < -0.4 is 0 Å². The Labute approximate surface area is 183 Å². The Kier molecular flexibility index (Phi) is 7.82. The van der Waals surface area contributed by atoms with E-state index in [1.165, 1.54) is 0 Å². The minimum atomic E-state index is -0.657. The minimum absolute atomic E-state index is 0.172. The van der Waals surface area contributed by atoms with Crippen molar-refractivity contribution in [2.24, 2.45) is 0 Å². The fourth-order valence-electron chi connectivity index (χ4n) is 4.02. The third-order valence-electron chi connectivity index (χ3n) is 5.73. The molecule has 2 amide bonds. The fraction of sp³-hybridized carbons (Fsp3) is 0.400. The molecule has 6 nitrogen and oxygen atoms in total. The lowest BCUT2D eigenvalue weighted by atomic mass is 10.00. The second-order valence-electron chi connectivity index (χ2n) is 7.91. The third-order valence-corrected chi connectivity index (χ3v) is 5.73. The summed E-state index contributed by atoms with van der Waals surface area (Å²) in [4.78, 5) is 41.7. The Balaban J connectivity index is 1.65. The summed E-state index contributed by atoms with van der Waals surface area (Å²) < 4.78 is 5.32. The van der Waals surface area contributed by atoms with E-state index >= 15 is 0 Å². The first-order valence-electron chi connectivity index (χ1n) is 10.9. The van der Waals surface area contributed by atoms with Crippen molar-refractivity contribution in [2.45, 2.75) is 45.2 Å². The predicted octanol–water partition coefficient (Wildman–Crippen LogP) is 3.91. The Morgan fingerprint density at radius 2 is 1.68 bits per heavy atom. The third kappa shape index (κ3) is 5.72. The molecule has 1 aliphatic rings. The van der Waals surface area contributed by atoms with E-state index in [9.17, 15) is 14.4 Å². The number of rotatable bonds is 7. The zero-order valence-corrected chi connectivity index (χ0v) is 18.3. The van der Waals surface area contributed by atoms with Crippen LogP contribution in [0.3, 0.4) is 0 Å². The molecule has 0 saturated carbocycles. The molecule has 3 rings (SSSR count). The van der Waals surface area contributed by atoms with Gasteiger partial charge in [-0.2, -0.15) is 0 Å². The Bertz CT molecular complexity index is 913. The van der Waals surface area contributed by atoms with Gasteiger partial charge in [0.05, 0.1) is 11.1 Å². The molecular formula is C25H30N2O4. The van der Waals surface area contributed by atoms with E-state index in [1.807, 2.05) is 35.2 Å². The smallest absolute Gasteiger partial charge is 0.339 e. The van der Waals surface area contributed by atoms with E-state index in [0.29, 0.717) is 13.1 Å². The van der Waals surface area contributed by atoms with E-state index in [0.717, 1.165) is 31.2 Å². The van der Waals surface area contributed by atoms with E-state index in [4.69, 9.17) is 4.74 Å². The summed E-state index contributed by atoms with van der Waals surface area (Å²) in [5.74, 6) is -1.11. The van der Waals surface area contributed by atoms with Gasteiger partial charge >= 0.3 is 5.97 Å². The van der Waals surface area contributed by atoms with Crippen LogP contribution in [0.1, 0.15) is 58.9 Å². The SMILES string of the molecule is CC[C@@H]1CCCCN1C(=O)COC(=O)c1ccccc1C(=O)N(C)Cc1ccccc1. The second kappa shape index (κ2) is 10.8. The Morgan fingerprint density at radius 3 is 2.39 bits per heavy atom. The number of carbonyl (C=O) groups excluding carboxylic acids is 3. The number of hydrogen-bond donors (Lipinski definition) is 0. The first kappa shape index (κ1) is 22.5. The largest absolute Gasteiger partial charge is 0.452 e. The summed E-state index contributed by atoms with van der Waals surface area (Å²) in [5.41, 5.74) is 1.43. The van der Waals surface area contributed by atoms with Crippen LogP contribution in [0.15, 0.2) is 54.6 Å². The van der Waals surface area contributed by atoms with Crippen LogP contribution in [-0.4, -0.2) is 53.8 Å². The number of amides is 2. The number of benzene rings is 2. The van der Waals surface area contributed by atoms with Crippen LogP contribution in [0.5, 0.6) is 0 Å². The van der Waals surface area contributed by atoms with Crippen molar-refractivity contribution in [2.75, 3.05) is 20.2 Å². The van der Waals surface area contributed by atoms with Crippen LogP contribution in [0.4, 0.5) is 0 Å². The highest BCUT2D eigenvalue weighted by atomic mass is 16.5. The fourth-order valence-corrected chi connectivity index (χ4v) is 4.02. The maximum Gasteiger partial charge on any atom is 0.339 e. The molecule has 0 unspecified atom stereocenters. The van der Waals surface area contributed by atoms with Gasteiger partial charge in [-0.1, -0.05) is 49.4 Å². The van der Waals surface area contributed by atoms with Gasteiger partial charge in [-0.25, -0.2) is 4.79 Å². The molecule has 164 valence electrons. The summed E-state index contributed by atoms with van der Waals surface area (Å²) in [6.07, 6.45) is 3.97. The van der Waals surface area contributed by atoms with Gasteiger partial charge in [-0.3, -0.25) is 9.59 Å². The molecule has 0 N–H and O–H groups in total. The molecule has 1 atom stereocenters. The van der Waals surface area contributed by atoms with Crippen LogP contribution in [0.25, 0.3) is 0 Å². The average molecular weight is 423 g/mol. The number of hydrogen-bond acceptors (Lipinski definition) is 4. The van der Waals surface area contributed by atoms with Gasteiger partial charge in [-0.05, 0) is 43.4 Å². The topological polar surface area (TPSA) is 66.9 Å². The van der Waals surface area contributed by atoms with Crippen molar-refractivity contribution in [3.8, 4) is 0 Å². The standard InChI is InChI=1S/C25H30N2O4/c1-3-20-13-9-10-16-27(20)23(28)18-31-25(30)22-15-8-7-14-21(22)24(29)26(2)17-19-11-5-4-6-12-19/h4-8,11-12,14-15,20H,3,9-10,13,16-18H2,1-2H3/t20-/m1/s1. The number of nitrogens with zero attached hydrogens (tertiary/aromatic N) is 2. The quantitative estimate of drug-likeness (QED) is 0.635. The number of carbonyl (C=O) groups is 3. The summed E-state index contributed by atoms with van der Waals surface area (Å²) in [6.45, 7) is 2.89. The van der Waals surface area contributed by atoms with E-state index in [1.54, 1.807) is 36.2 Å². The van der Waals surface area contributed by atoms with E-state index in [-0.39, 0.29) is 35.6 Å². The molecule has 0 bridgehead atoms. The molecule has 0 aromatic heterocycles. The molecule has 6 heteroatoms. The molecule has 2 aromatic rings. The van der Waals surface area contributed by atoms with Crippen molar-refractivity contribution >= 4 is 17.8 Å². The maximum absolute atomic E-state index is 13.0. The van der Waals surface area contributed by atoms with Crippen molar-refractivity contribution in [1.82, 2.24) is 9.80 Å². The summed E-state index contributed by atoms with van der Waals surface area (Å²) in [6, 6.07) is 16.4. The Hall–Kier alpha value is -3.15. The highest BCUT2D eigenvalue weighted by Crippen LogP contribution is 2.20. The molecule has 0 radical (unpaired) electrons. The summed E-state index contributed by atoms with van der Waals surface area (Å²) in [7, 11) is 1.70. The van der Waals surface area contributed by atoms with Crippen LogP contribution >= 0.6 is 0 Å². The number of ether oxygens (including phenoxy) is 1. The van der Waals surface area contributed by atoms with E-state index in [2.05, 4.69) is 6.92 Å². The number of likely N-dealkylation sites (tertiary alicyclic amines) is 1. The van der Waals surface area contributed by atoms with Gasteiger partial charge < -0.3 is 14.5 Å². The lowest BCUT2D eigenvalue weighted by molar-refractivity contribution is -0.138. The van der Waals surface area contributed by atoms with Crippen molar-refractivity contribution < 1.29 is 19.1 Å². The normalized spacial score (nSPS) is 15.9. The molecule has 0 spiro atoms. The highest BCUT2D eigenvalue weighted by molar-refractivity contribution is 6.05. The monoisotopic (exact) mass is 422 g/mol. The van der Waals surface area contributed by atoms with Crippen LogP contribution in [0.2, 0.25) is 0 Å². The molecule has 1 saturated heterocycles. The van der Waals surface area contributed by atoms with Crippen LogP contribution in [-0.2, 0) is 16.1 Å². The zero-order chi connectivity index (χ0) is 22.2. The summed E-state index contributed by atoms with van der Waals surface area (Å²) in [5, 5.41) is 0. The molecule has 31 heavy (non-hydrogen) atoms. The second-order valence-corrected chi connectivity index (χ2v) is 7.91.